The number of carbonyl (C=O) groups excluding carboxylic acids is 1. The summed E-state index contributed by atoms with van der Waals surface area (Å²) in [4.78, 5) is 12.4. The van der Waals surface area contributed by atoms with Crippen LogP contribution in [0.2, 0.25) is 0 Å². The van der Waals surface area contributed by atoms with Crippen molar-refractivity contribution in [3.63, 3.8) is 0 Å². The number of fused-ring (bicyclic) bond motifs is 2. The Morgan fingerprint density at radius 3 is 2.19 bits per heavy atom. The number of hydrogen-bond acceptors (Lipinski definition) is 2. The molecule has 0 amide bonds. The Balaban J connectivity index is 1.68. The molecule has 0 spiro atoms. The van der Waals surface area contributed by atoms with Crippen LogP contribution in [0, 0.1) is 17.3 Å². The number of ketones is 1. The minimum absolute atomic E-state index is 0.0852. The molecule has 16 heavy (non-hydrogen) atoms. The van der Waals surface area contributed by atoms with Gasteiger partial charge in [0.05, 0.1) is 0 Å². The molecule has 2 unspecified atom stereocenters. The molecule has 3 rings (SSSR count). The zero-order valence-corrected chi connectivity index (χ0v) is 10.5. The average molecular weight is 221 g/mol. The van der Waals surface area contributed by atoms with E-state index in [9.17, 15) is 4.79 Å². The molecule has 0 aromatic carbocycles. The van der Waals surface area contributed by atoms with Crippen LogP contribution in [0.5, 0.6) is 0 Å². The highest BCUT2D eigenvalue weighted by atomic mass is 16.1. The van der Waals surface area contributed by atoms with Crippen molar-refractivity contribution in [2.45, 2.75) is 64.5 Å². The maximum Gasteiger partial charge on any atom is 0.141 e. The van der Waals surface area contributed by atoms with Crippen molar-refractivity contribution in [2.24, 2.45) is 17.3 Å². The van der Waals surface area contributed by atoms with Crippen LogP contribution in [0.15, 0.2) is 0 Å². The topological polar surface area (TPSA) is 29.1 Å². The maximum atomic E-state index is 12.4. The fraction of sp³-hybridized carbons (Fsp3) is 0.929. The largest absolute Gasteiger partial charge is 0.311 e. The van der Waals surface area contributed by atoms with Gasteiger partial charge in [-0.1, -0.05) is 13.8 Å². The molecule has 3 aliphatic rings. The predicted molar refractivity (Wildman–Crippen MR) is 64.2 cm³/mol. The summed E-state index contributed by atoms with van der Waals surface area (Å²) in [6.45, 7) is 4.51. The van der Waals surface area contributed by atoms with Gasteiger partial charge in [0.2, 0.25) is 0 Å². The summed E-state index contributed by atoms with van der Waals surface area (Å²) in [6.07, 6.45) is 7.04. The van der Waals surface area contributed by atoms with E-state index in [2.05, 4.69) is 19.2 Å². The van der Waals surface area contributed by atoms with Gasteiger partial charge >= 0.3 is 0 Å². The second-order valence-electron chi connectivity index (χ2n) is 6.73. The summed E-state index contributed by atoms with van der Waals surface area (Å²) in [5, 5.41) is 3.69. The van der Waals surface area contributed by atoms with Crippen LogP contribution in [-0.4, -0.2) is 17.9 Å². The molecule has 2 heteroatoms. The van der Waals surface area contributed by atoms with Crippen LogP contribution in [0.25, 0.3) is 0 Å². The van der Waals surface area contributed by atoms with Crippen LogP contribution in [0.1, 0.15) is 52.4 Å². The minimum Gasteiger partial charge on any atom is -0.311 e. The molecule has 3 fully saturated rings. The van der Waals surface area contributed by atoms with Crippen LogP contribution in [0.3, 0.4) is 0 Å². The zero-order valence-electron chi connectivity index (χ0n) is 10.5. The number of piperidine rings is 2. The van der Waals surface area contributed by atoms with Crippen molar-refractivity contribution in [1.82, 2.24) is 5.32 Å². The average Bonchev–Trinajstić information content (AvgIpc) is 2.95. The lowest BCUT2D eigenvalue weighted by Crippen LogP contribution is -2.52. The second-order valence-corrected chi connectivity index (χ2v) is 6.73. The first-order valence-corrected chi connectivity index (χ1v) is 6.87. The van der Waals surface area contributed by atoms with Crippen LogP contribution in [0.4, 0.5) is 0 Å². The molecule has 1 saturated carbocycles. The van der Waals surface area contributed by atoms with Gasteiger partial charge in [-0.25, -0.2) is 0 Å². The Hall–Kier alpha value is -0.370. The molecular weight excluding hydrogens is 198 g/mol. The van der Waals surface area contributed by atoms with Gasteiger partial charge in [-0.05, 0) is 44.4 Å². The van der Waals surface area contributed by atoms with Gasteiger partial charge in [0, 0.05) is 23.4 Å². The van der Waals surface area contributed by atoms with E-state index in [0.29, 0.717) is 23.8 Å². The first-order chi connectivity index (χ1) is 7.57. The van der Waals surface area contributed by atoms with Crippen molar-refractivity contribution in [3.8, 4) is 0 Å². The molecule has 1 aliphatic carbocycles. The molecule has 2 aliphatic heterocycles. The van der Waals surface area contributed by atoms with E-state index in [1.165, 1.54) is 12.8 Å². The van der Waals surface area contributed by atoms with Gasteiger partial charge in [0.25, 0.3) is 0 Å². The quantitative estimate of drug-likeness (QED) is 0.776. The smallest absolute Gasteiger partial charge is 0.141 e. The SMILES string of the molecule is CC1C[C@@H]2CC(C(=O)C3(C)CC3)C[C@H](C1)N2. The Bertz CT molecular complexity index is 290. The highest BCUT2D eigenvalue weighted by molar-refractivity contribution is 5.89. The van der Waals surface area contributed by atoms with Gasteiger partial charge < -0.3 is 5.32 Å². The first-order valence-electron chi connectivity index (χ1n) is 6.87. The first kappa shape index (κ1) is 10.8. The third kappa shape index (κ3) is 1.81. The van der Waals surface area contributed by atoms with E-state index >= 15 is 0 Å². The number of hydrogen-bond donors (Lipinski definition) is 1. The molecule has 2 heterocycles. The monoisotopic (exact) mass is 221 g/mol. The second kappa shape index (κ2) is 3.56. The van der Waals surface area contributed by atoms with Gasteiger partial charge in [-0.15, -0.1) is 0 Å². The van der Waals surface area contributed by atoms with Crippen LogP contribution in [-0.2, 0) is 4.79 Å². The van der Waals surface area contributed by atoms with E-state index in [4.69, 9.17) is 0 Å². The Kier molecular flexibility index (Phi) is 2.39. The fourth-order valence-electron chi connectivity index (χ4n) is 3.79. The lowest BCUT2D eigenvalue weighted by Gasteiger charge is -2.43. The highest BCUT2D eigenvalue weighted by Crippen LogP contribution is 2.49. The normalized spacial score (nSPS) is 45.1. The summed E-state index contributed by atoms with van der Waals surface area (Å²) in [5.41, 5.74) is 0.0852. The summed E-state index contributed by atoms with van der Waals surface area (Å²) in [7, 11) is 0. The van der Waals surface area contributed by atoms with E-state index in [1.807, 2.05) is 0 Å². The molecule has 0 aromatic rings. The highest BCUT2D eigenvalue weighted by Gasteiger charge is 2.49. The number of rotatable bonds is 2. The number of carbonyl (C=O) groups is 1. The molecular formula is C14H23NO. The molecule has 0 aromatic heterocycles. The lowest BCUT2D eigenvalue weighted by atomic mass is 9.73. The summed E-state index contributed by atoms with van der Waals surface area (Å²) >= 11 is 0. The van der Waals surface area contributed by atoms with Crippen molar-refractivity contribution in [2.75, 3.05) is 0 Å². The van der Waals surface area contributed by atoms with E-state index in [-0.39, 0.29) is 5.41 Å². The molecule has 0 radical (unpaired) electrons. The van der Waals surface area contributed by atoms with Crippen molar-refractivity contribution in [3.05, 3.63) is 0 Å². The summed E-state index contributed by atoms with van der Waals surface area (Å²) < 4.78 is 0. The minimum atomic E-state index is 0.0852. The zero-order chi connectivity index (χ0) is 11.3. The van der Waals surface area contributed by atoms with Gasteiger partial charge in [-0.3, -0.25) is 4.79 Å². The van der Waals surface area contributed by atoms with Gasteiger partial charge in [0.1, 0.15) is 5.78 Å². The van der Waals surface area contributed by atoms with Gasteiger partial charge in [0.15, 0.2) is 0 Å². The van der Waals surface area contributed by atoms with Crippen molar-refractivity contribution < 1.29 is 4.79 Å². The van der Waals surface area contributed by atoms with Crippen LogP contribution >= 0.6 is 0 Å². The Morgan fingerprint density at radius 2 is 1.69 bits per heavy atom. The molecule has 2 saturated heterocycles. The standard InChI is InChI=1S/C14H23NO/c1-9-5-11-7-10(8-12(6-9)15-11)13(16)14(2)3-4-14/h9-12,15H,3-8H2,1-2H3/t9?,10?,11-,12+. The molecule has 2 nitrogen and oxygen atoms in total. The predicted octanol–water partition coefficient (Wildman–Crippen LogP) is 2.52. The third-order valence-electron chi connectivity index (χ3n) is 4.95. The maximum absolute atomic E-state index is 12.4. The third-order valence-corrected chi connectivity index (χ3v) is 4.95. The number of nitrogens with one attached hydrogen (secondary N) is 1. The number of Topliss-reactive ketones (excluding diaryl/α,β-unsaturated/α-hetero) is 1. The van der Waals surface area contributed by atoms with Crippen molar-refractivity contribution >= 4 is 5.78 Å². The van der Waals surface area contributed by atoms with E-state index < -0.39 is 0 Å². The summed E-state index contributed by atoms with van der Waals surface area (Å²) in [6, 6.07) is 1.25. The molecule has 90 valence electrons. The Morgan fingerprint density at radius 1 is 1.12 bits per heavy atom. The lowest BCUT2D eigenvalue weighted by molar-refractivity contribution is -0.129. The fourth-order valence-corrected chi connectivity index (χ4v) is 3.79. The summed E-state index contributed by atoms with van der Waals surface area (Å²) in [5.74, 6) is 1.80. The molecule has 2 bridgehead atoms. The van der Waals surface area contributed by atoms with Crippen molar-refractivity contribution in [1.29, 1.82) is 0 Å². The van der Waals surface area contributed by atoms with E-state index in [0.717, 1.165) is 31.6 Å². The van der Waals surface area contributed by atoms with Gasteiger partial charge in [-0.2, -0.15) is 0 Å². The van der Waals surface area contributed by atoms with E-state index in [1.54, 1.807) is 0 Å². The Labute approximate surface area is 98.2 Å². The van der Waals surface area contributed by atoms with Crippen LogP contribution < -0.4 is 5.32 Å². The molecule has 4 atom stereocenters. The molecule has 1 N–H and O–H groups in total.